The van der Waals surface area contributed by atoms with E-state index >= 15 is 0 Å². The number of nitrogens with one attached hydrogen (secondary N) is 2. The summed E-state index contributed by atoms with van der Waals surface area (Å²) in [6, 6.07) is 11.8. The first-order valence-corrected chi connectivity index (χ1v) is 11.2. The lowest BCUT2D eigenvalue weighted by atomic mass is 10.0. The first kappa shape index (κ1) is 26.2. The van der Waals surface area contributed by atoms with E-state index in [-0.39, 0.29) is 13.1 Å². The van der Waals surface area contributed by atoms with Crippen molar-refractivity contribution in [1.29, 1.82) is 0 Å². The molecule has 0 fully saturated rings. The molecule has 33 heavy (non-hydrogen) atoms. The van der Waals surface area contributed by atoms with E-state index in [2.05, 4.69) is 10.6 Å². The number of benzene rings is 2. The van der Waals surface area contributed by atoms with Crippen LogP contribution in [0.5, 0.6) is 0 Å². The van der Waals surface area contributed by atoms with Crippen molar-refractivity contribution in [1.82, 2.24) is 10.2 Å². The number of para-hydroxylation sites is 1. The molecule has 2 aromatic carbocycles. The van der Waals surface area contributed by atoms with Crippen LogP contribution in [0.25, 0.3) is 0 Å². The molecule has 0 bridgehead atoms. The van der Waals surface area contributed by atoms with Gasteiger partial charge in [-0.1, -0.05) is 53.6 Å². The number of aryl methyl sites for hydroxylation is 2. The molecule has 3 amide bonds. The van der Waals surface area contributed by atoms with E-state index in [1.165, 1.54) is 4.90 Å². The minimum Gasteiger partial charge on any atom is -0.444 e. The summed E-state index contributed by atoms with van der Waals surface area (Å²) in [6.07, 6.45) is -0.699. The van der Waals surface area contributed by atoms with E-state index in [0.717, 1.165) is 11.1 Å². The quantitative estimate of drug-likeness (QED) is 0.591. The highest BCUT2D eigenvalue weighted by atomic mass is 35.5. The highest BCUT2D eigenvalue weighted by molar-refractivity contribution is 6.34. The monoisotopic (exact) mass is 473 g/mol. The third kappa shape index (κ3) is 7.49. The number of hydrogen-bond acceptors (Lipinski definition) is 4. The molecule has 0 heterocycles. The number of carbonyl (C=O) groups excluding carboxylic acids is 3. The number of hydrogen-bond donors (Lipinski definition) is 2. The van der Waals surface area contributed by atoms with Crippen molar-refractivity contribution in [2.24, 2.45) is 0 Å². The number of rotatable bonds is 7. The summed E-state index contributed by atoms with van der Waals surface area (Å²) in [4.78, 5) is 40.0. The SMILES string of the molecule is CCN(C(=O)CNC(=O)OC(C)(C)C)C(C(=O)Nc1c(C)cccc1Cl)c1cccc(C)c1. The summed E-state index contributed by atoms with van der Waals surface area (Å²) < 4.78 is 5.20. The summed E-state index contributed by atoms with van der Waals surface area (Å²) in [5.41, 5.74) is 2.23. The maximum absolute atomic E-state index is 13.5. The minimum atomic E-state index is -0.918. The van der Waals surface area contributed by atoms with Gasteiger partial charge in [0.05, 0.1) is 10.7 Å². The van der Waals surface area contributed by atoms with Gasteiger partial charge in [0.1, 0.15) is 18.2 Å². The molecule has 0 spiro atoms. The Bertz CT molecular complexity index is 997. The molecule has 0 aliphatic heterocycles. The number of nitrogens with zero attached hydrogens (tertiary/aromatic N) is 1. The molecule has 0 saturated carbocycles. The summed E-state index contributed by atoms with van der Waals surface area (Å²) in [6.45, 7) is 10.7. The fourth-order valence-corrected chi connectivity index (χ4v) is 3.63. The van der Waals surface area contributed by atoms with Gasteiger partial charge in [-0.3, -0.25) is 9.59 Å². The second-order valence-electron chi connectivity index (χ2n) is 8.77. The molecule has 0 aliphatic rings. The normalized spacial score (nSPS) is 12.0. The van der Waals surface area contributed by atoms with Crippen LogP contribution in [-0.4, -0.2) is 41.5 Å². The van der Waals surface area contributed by atoms with Gasteiger partial charge in [-0.15, -0.1) is 0 Å². The van der Waals surface area contributed by atoms with Crippen molar-refractivity contribution in [3.63, 3.8) is 0 Å². The molecule has 2 rings (SSSR count). The molecular weight excluding hydrogens is 442 g/mol. The van der Waals surface area contributed by atoms with E-state index in [1.807, 2.05) is 38.1 Å². The fourth-order valence-electron chi connectivity index (χ4n) is 3.36. The van der Waals surface area contributed by atoms with Gasteiger partial charge in [-0.25, -0.2) is 4.79 Å². The number of amides is 3. The third-order valence-corrected chi connectivity index (χ3v) is 5.15. The molecular formula is C25H32ClN3O4. The van der Waals surface area contributed by atoms with Crippen LogP contribution in [0.15, 0.2) is 42.5 Å². The van der Waals surface area contributed by atoms with Gasteiger partial charge in [-0.05, 0) is 58.7 Å². The zero-order chi connectivity index (χ0) is 24.8. The molecule has 0 saturated heterocycles. The fraction of sp³-hybridized carbons (Fsp3) is 0.400. The number of anilines is 1. The third-order valence-electron chi connectivity index (χ3n) is 4.83. The van der Waals surface area contributed by atoms with Crippen LogP contribution in [-0.2, 0) is 14.3 Å². The van der Waals surface area contributed by atoms with E-state index in [4.69, 9.17) is 16.3 Å². The Hall–Kier alpha value is -3.06. The van der Waals surface area contributed by atoms with Gasteiger partial charge < -0.3 is 20.3 Å². The molecule has 1 unspecified atom stereocenters. The van der Waals surface area contributed by atoms with Crippen LogP contribution < -0.4 is 10.6 Å². The standard InChI is InChI=1S/C25H32ClN3O4/c1-7-29(20(30)15-27-24(32)33-25(4,5)6)22(18-12-8-10-16(2)14-18)23(31)28-21-17(3)11-9-13-19(21)26/h8-14,22H,7,15H2,1-6H3,(H,27,32)(H,28,31). The molecule has 0 radical (unpaired) electrons. The predicted octanol–water partition coefficient (Wildman–Crippen LogP) is 5.01. The molecule has 7 nitrogen and oxygen atoms in total. The van der Waals surface area contributed by atoms with Crippen molar-refractivity contribution in [2.75, 3.05) is 18.4 Å². The van der Waals surface area contributed by atoms with Crippen LogP contribution in [0, 0.1) is 13.8 Å². The van der Waals surface area contributed by atoms with Gasteiger partial charge in [0.15, 0.2) is 0 Å². The Morgan fingerprint density at radius 1 is 1.09 bits per heavy atom. The highest BCUT2D eigenvalue weighted by Crippen LogP contribution is 2.29. The Morgan fingerprint density at radius 3 is 2.33 bits per heavy atom. The number of carbonyl (C=O) groups is 3. The van der Waals surface area contributed by atoms with E-state index < -0.39 is 29.6 Å². The first-order chi connectivity index (χ1) is 15.4. The van der Waals surface area contributed by atoms with Gasteiger partial charge in [0.25, 0.3) is 5.91 Å². The van der Waals surface area contributed by atoms with Crippen molar-refractivity contribution in [2.45, 2.75) is 53.2 Å². The first-order valence-electron chi connectivity index (χ1n) is 10.8. The van der Waals surface area contributed by atoms with Crippen molar-refractivity contribution in [3.05, 3.63) is 64.2 Å². The molecule has 2 N–H and O–H groups in total. The van der Waals surface area contributed by atoms with Crippen molar-refractivity contribution < 1.29 is 19.1 Å². The Balaban J connectivity index is 2.32. The number of alkyl carbamates (subject to hydrolysis) is 1. The number of ether oxygens (including phenoxy) is 1. The smallest absolute Gasteiger partial charge is 0.408 e. The predicted molar refractivity (Wildman–Crippen MR) is 130 cm³/mol. The van der Waals surface area contributed by atoms with Crippen molar-refractivity contribution >= 4 is 35.2 Å². The maximum Gasteiger partial charge on any atom is 0.408 e. The molecule has 0 aromatic heterocycles. The van der Waals surface area contributed by atoms with Gasteiger partial charge >= 0.3 is 6.09 Å². The van der Waals surface area contributed by atoms with Gasteiger partial charge in [-0.2, -0.15) is 0 Å². The average Bonchev–Trinajstić information content (AvgIpc) is 2.71. The second-order valence-corrected chi connectivity index (χ2v) is 9.18. The van der Waals surface area contributed by atoms with E-state index in [1.54, 1.807) is 45.9 Å². The van der Waals surface area contributed by atoms with Crippen molar-refractivity contribution in [3.8, 4) is 0 Å². The molecule has 0 aliphatic carbocycles. The van der Waals surface area contributed by atoms with Crippen LogP contribution in [0.3, 0.4) is 0 Å². The van der Waals surface area contributed by atoms with Crippen LogP contribution >= 0.6 is 11.6 Å². The zero-order valence-electron chi connectivity index (χ0n) is 20.0. The number of halogens is 1. The highest BCUT2D eigenvalue weighted by Gasteiger charge is 2.31. The van der Waals surface area contributed by atoms with Crippen LogP contribution in [0.1, 0.15) is 50.4 Å². The summed E-state index contributed by atoms with van der Waals surface area (Å²) in [5, 5.41) is 5.77. The maximum atomic E-state index is 13.5. The number of likely N-dealkylation sites (N-methyl/N-ethyl adjacent to an activating group) is 1. The Morgan fingerprint density at radius 2 is 1.76 bits per heavy atom. The summed E-state index contributed by atoms with van der Waals surface area (Å²) in [5.74, 6) is -0.815. The van der Waals surface area contributed by atoms with Gasteiger partial charge in [0.2, 0.25) is 5.91 Å². The van der Waals surface area contributed by atoms with E-state index in [9.17, 15) is 14.4 Å². The largest absolute Gasteiger partial charge is 0.444 e. The lowest BCUT2D eigenvalue weighted by Gasteiger charge is -2.31. The Kier molecular flexibility index (Phi) is 8.88. The second kappa shape index (κ2) is 11.2. The zero-order valence-corrected chi connectivity index (χ0v) is 20.7. The average molecular weight is 474 g/mol. The van der Waals surface area contributed by atoms with Crippen LogP contribution in [0.4, 0.5) is 10.5 Å². The topological polar surface area (TPSA) is 87.7 Å². The summed E-state index contributed by atoms with van der Waals surface area (Å²) in [7, 11) is 0. The molecule has 2 aromatic rings. The lowest BCUT2D eigenvalue weighted by molar-refractivity contribution is -0.138. The Labute approximate surface area is 200 Å². The summed E-state index contributed by atoms with van der Waals surface area (Å²) >= 11 is 6.31. The molecule has 1 atom stereocenters. The van der Waals surface area contributed by atoms with Gasteiger partial charge in [0, 0.05) is 6.54 Å². The lowest BCUT2D eigenvalue weighted by Crippen LogP contribution is -2.46. The molecule has 8 heteroatoms. The van der Waals surface area contributed by atoms with Crippen LogP contribution in [0.2, 0.25) is 5.02 Å². The van der Waals surface area contributed by atoms with E-state index in [0.29, 0.717) is 16.3 Å². The minimum absolute atomic E-state index is 0.252. The molecule has 178 valence electrons.